The van der Waals surface area contributed by atoms with Crippen molar-refractivity contribution >= 4 is 17.6 Å². The van der Waals surface area contributed by atoms with Crippen molar-refractivity contribution in [2.24, 2.45) is 0 Å². The van der Waals surface area contributed by atoms with E-state index in [1.165, 1.54) is 0 Å². The topological polar surface area (TPSA) is 79.3 Å². The highest BCUT2D eigenvalue weighted by molar-refractivity contribution is 5.95. The van der Waals surface area contributed by atoms with E-state index in [2.05, 4.69) is 15.7 Å². The molecule has 7 heteroatoms. The van der Waals surface area contributed by atoms with Gasteiger partial charge in [-0.3, -0.25) is 9.59 Å². The van der Waals surface area contributed by atoms with Crippen molar-refractivity contribution in [1.29, 1.82) is 0 Å². The zero-order valence-corrected chi connectivity index (χ0v) is 14.2. The lowest BCUT2D eigenvalue weighted by molar-refractivity contribution is -0.115. The van der Waals surface area contributed by atoms with Gasteiger partial charge in [0, 0.05) is 25.6 Å². The third-order valence-electron chi connectivity index (χ3n) is 3.38. The number of nitrogens with zero attached hydrogens (tertiary/aromatic N) is 3. The molecule has 0 unspecified atom stereocenters. The first kappa shape index (κ1) is 17.7. The lowest BCUT2D eigenvalue weighted by atomic mass is 10.3. The van der Waals surface area contributed by atoms with Crippen molar-refractivity contribution in [3.8, 4) is 5.69 Å². The van der Waals surface area contributed by atoms with Gasteiger partial charge in [0.1, 0.15) is 5.82 Å². The highest BCUT2D eigenvalue weighted by Gasteiger charge is 2.16. The lowest BCUT2D eigenvalue weighted by Gasteiger charge is -2.09. The van der Waals surface area contributed by atoms with Crippen LogP contribution in [-0.4, -0.2) is 53.7 Å². The van der Waals surface area contributed by atoms with Gasteiger partial charge in [0.05, 0.1) is 5.69 Å². The zero-order valence-electron chi connectivity index (χ0n) is 14.2. The van der Waals surface area contributed by atoms with Crippen LogP contribution in [0.1, 0.15) is 23.8 Å². The van der Waals surface area contributed by atoms with Gasteiger partial charge in [-0.2, -0.15) is 5.10 Å². The van der Waals surface area contributed by atoms with Crippen LogP contribution in [0.3, 0.4) is 0 Å². The number of nitrogens with one attached hydrogen (secondary N) is 2. The van der Waals surface area contributed by atoms with E-state index in [9.17, 15) is 9.59 Å². The molecule has 0 saturated heterocycles. The average molecular weight is 329 g/mol. The van der Waals surface area contributed by atoms with Gasteiger partial charge in [0.2, 0.25) is 5.91 Å². The van der Waals surface area contributed by atoms with Gasteiger partial charge in [0.15, 0.2) is 5.69 Å². The molecule has 2 aromatic rings. The van der Waals surface area contributed by atoms with E-state index >= 15 is 0 Å². The van der Waals surface area contributed by atoms with Crippen LogP contribution < -0.4 is 10.6 Å². The molecule has 0 aliphatic carbocycles. The van der Waals surface area contributed by atoms with Crippen LogP contribution >= 0.6 is 0 Å². The summed E-state index contributed by atoms with van der Waals surface area (Å²) in [4.78, 5) is 26.0. The largest absolute Gasteiger partial charge is 0.349 e. The number of amides is 2. The van der Waals surface area contributed by atoms with Crippen molar-refractivity contribution < 1.29 is 9.59 Å². The molecule has 0 saturated carbocycles. The lowest BCUT2D eigenvalue weighted by Crippen LogP contribution is -2.31. The normalized spacial score (nSPS) is 10.7. The third-order valence-corrected chi connectivity index (χ3v) is 3.38. The summed E-state index contributed by atoms with van der Waals surface area (Å²) < 4.78 is 1.56. The van der Waals surface area contributed by atoms with Crippen LogP contribution in [0.25, 0.3) is 5.69 Å². The molecular formula is C17H23N5O2. The Morgan fingerprint density at radius 1 is 1.21 bits per heavy atom. The molecule has 128 valence electrons. The van der Waals surface area contributed by atoms with E-state index in [1.54, 1.807) is 17.7 Å². The Balaban J connectivity index is 2.24. The minimum atomic E-state index is -0.265. The summed E-state index contributed by atoms with van der Waals surface area (Å²) in [6.45, 7) is 3.04. The molecule has 0 atom stereocenters. The van der Waals surface area contributed by atoms with Crippen LogP contribution in [0.2, 0.25) is 0 Å². The van der Waals surface area contributed by atoms with Gasteiger partial charge >= 0.3 is 0 Å². The summed E-state index contributed by atoms with van der Waals surface area (Å²) in [5.74, 6) is 0.0796. The number of para-hydroxylation sites is 1. The van der Waals surface area contributed by atoms with Crippen molar-refractivity contribution in [2.75, 3.05) is 32.5 Å². The predicted octanol–water partition coefficient (Wildman–Crippen LogP) is 1.51. The van der Waals surface area contributed by atoms with E-state index in [0.29, 0.717) is 18.8 Å². The summed E-state index contributed by atoms with van der Waals surface area (Å²) >= 11 is 0. The predicted molar refractivity (Wildman–Crippen MR) is 93.4 cm³/mol. The molecule has 0 aliphatic rings. The molecule has 1 heterocycles. The molecule has 0 spiro atoms. The second-order valence-corrected chi connectivity index (χ2v) is 5.62. The number of rotatable bonds is 7. The van der Waals surface area contributed by atoms with Gasteiger partial charge in [-0.05, 0) is 26.2 Å². The van der Waals surface area contributed by atoms with Crippen molar-refractivity contribution in [3.63, 3.8) is 0 Å². The Bertz CT molecular complexity index is 694. The van der Waals surface area contributed by atoms with Crippen molar-refractivity contribution in [2.45, 2.75) is 13.3 Å². The SMILES string of the molecule is CCC(=O)Nc1cc(C(=O)NCCN(C)C)nn1-c1ccccc1. The molecular weight excluding hydrogens is 306 g/mol. The number of hydrogen-bond donors (Lipinski definition) is 2. The molecule has 0 radical (unpaired) electrons. The van der Waals surface area contributed by atoms with Gasteiger partial charge in [-0.25, -0.2) is 4.68 Å². The Hall–Kier alpha value is -2.67. The molecule has 7 nitrogen and oxygen atoms in total. The van der Waals surface area contributed by atoms with Gasteiger partial charge < -0.3 is 15.5 Å². The molecule has 0 fully saturated rings. The second-order valence-electron chi connectivity index (χ2n) is 5.62. The molecule has 2 amide bonds. The maximum atomic E-state index is 12.3. The quantitative estimate of drug-likeness (QED) is 0.807. The van der Waals surface area contributed by atoms with Crippen LogP contribution in [0.5, 0.6) is 0 Å². The Labute approximate surface area is 141 Å². The molecule has 24 heavy (non-hydrogen) atoms. The summed E-state index contributed by atoms with van der Waals surface area (Å²) in [6, 6.07) is 11.0. The average Bonchev–Trinajstić information content (AvgIpc) is 2.99. The van der Waals surface area contributed by atoms with Crippen LogP contribution in [0.4, 0.5) is 5.82 Å². The summed E-state index contributed by atoms with van der Waals surface area (Å²) in [7, 11) is 3.88. The molecule has 1 aromatic carbocycles. The first-order chi connectivity index (χ1) is 11.5. The fourth-order valence-corrected chi connectivity index (χ4v) is 2.06. The maximum absolute atomic E-state index is 12.3. The summed E-state index contributed by atoms with van der Waals surface area (Å²) in [5, 5.41) is 9.94. The highest BCUT2D eigenvalue weighted by Crippen LogP contribution is 2.17. The van der Waals surface area contributed by atoms with E-state index in [0.717, 1.165) is 12.2 Å². The molecule has 0 bridgehead atoms. The number of hydrogen-bond acceptors (Lipinski definition) is 4. The standard InChI is InChI=1S/C17H23N5O2/c1-4-16(23)19-15-12-14(17(24)18-10-11-21(2)3)20-22(15)13-8-6-5-7-9-13/h5-9,12H,4,10-11H2,1-3H3,(H,18,24)(H,19,23). The van der Waals surface area contributed by atoms with E-state index in [4.69, 9.17) is 0 Å². The van der Waals surface area contributed by atoms with Crippen LogP contribution in [0.15, 0.2) is 36.4 Å². The molecule has 2 rings (SSSR count). The number of carbonyl (C=O) groups excluding carboxylic acids is 2. The Kier molecular flexibility index (Phi) is 6.08. The minimum Gasteiger partial charge on any atom is -0.349 e. The van der Waals surface area contributed by atoms with Crippen molar-refractivity contribution in [3.05, 3.63) is 42.1 Å². The van der Waals surface area contributed by atoms with E-state index in [1.807, 2.05) is 49.3 Å². The number of likely N-dealkylation sites (N-methyl/N-ethyl adjacent to an activating group) is 1. The molecule has 1 aromatic heterocycles. The number of carbonyl (C=O) groups is 2. The fourth-order valence-electron chi connectivity index (χ4n) is 2.06. The van der Waals surface area contributed by atoms with Crippen LogP contribution in [-0.2, 0) is 4.79 Å². The first-order valence-corrected chi connectivity index (χ1v) is 7.89. The molecule has 0 aliphatic heterocycles. The number of aromatic nitrogens is 2. The zero-order chi connectivity index (χ0) is 17.5. The fraction of sp³-hybridized carbons (Fsp3) is 0.353. The first-order valence-electron chi connectivity index (χ1n) is 7.89. The Morgan fingerprint density at radius 3 is 2.54 bits per heavy atom. The monoisotopic (exact) mass is 329 g/mol. The summed E-state index contributed by atoms with van der Waals surface area (Å²) in [5.41, 5.74) is 1.04. The molecule has 2 N–H and O–H groups in total. The van der Waals surface area contributed by atoms with E-state index < -0.39 is 0 Å². The minimum absolute atomic E-state index is 0.133. The van der Waals surface area contributed by atoms with Gasteiger partial charge in [0.25, 0.3) is 5.91 Å². The van der Waals surface area contributed by atoms with Crippen molar-refractivity contribution in [1.82, 2.24) is 20.0 Å². The third kappa shape index (κ3) is 4.66. The van der Waals surface area contributed by atoms with Gasteiger partial charge in [-0.15, -0.1) is 0 Å². The van der Waals surface area contributed by atoms with Crippen LogP contribution in [0, 0.1) is 0 Å². The Morgan fingerprint density at radius 2 is 1.92 bits per heavy atom. The van der Waals surface area contributed by atoms with Gasteiger partial charge in [-0.1, -0.05) is 25.1 Å². The smallest absolute Gasteiger partial charge is 0.271 e. The number of anilines is 1. The maximum Gasteiger partial charge on any atom is 0.271 e. The highest BCUT2D eigenvalue weighted by atomic mass is 16.2. The van der Waals surface area contributed by atoms with E-state index in [-0.39, 0.29) is 17.5 Å². The summed E-state index contributed by atoms with van der Waals surface area (Å²) in [6.07, 6.45) is 0.352. The number of benzene rings is 1. The second kappa shape index (κ2) is 8.26.